The van der Waals surface area contributed by atoms with Crippen LogP contribution in [0.1, 0.15) is 68.6 Å². The second-order valence-corrected chi connectivity index (χ2v) is 7.88. The molecule has 1 saturated carbocycles. The summed E-state index contributed by atoms with van der Waals surface area (Å²) < 4.78 is 21.4. The van der Waals surface area contributed by atoms with Crippen molar-refractivity contribution in [1.29, 1.82) is 0 Å². The molecule has 0 spiro atoms. The second-order valence-electron chi connectivity index (χ2n) is 7.48. The van der Waals surface area contributed by atoms with Crippen molar-refractivity contribution in [3.63, 3.8) is 0 Å². The van der Waals surface area contributed by atoms with Gasteiger partial charge in [0.05, 0.1) is 29.8 Å². The quantitative estimate of drug-likeness (QED) is 0.782. The van der Waals surface area contributed by atoms with Crippen molar-refractivity contribution in [1.82, 2.24) is 25.1 Å². The van der Waals surface area contributed by atoms with Crippen LogP contribution < -0.4 is 0 Å². The molecule has 27 heavy (non-hydrogen) atoms. The summed E-state index contributed by atoms with van der Waals surface area (Å²) in [6.07, 6.45) is 5.93. The lowest BCUT2D eigenvalue weighted by molar-refractivity contribution is -0.0450. The standard InChI is InChI=1S/C19H25ClFN5O/c1-13(19-22-23-24-26(19)15-5-3-2-4-6-15)25-9-10-27-18(12-25)14-7-8-17(21)16(20)11-14/h7-8,11,13,15,18H,2-6,9-10,12H2,1H3. The van der Waals surface area contributed by atoms with Gasteiger partial charge < -0.3 is 4.74 Å². The van der Waals surface area contributed by atoms with Crippen LogP contribution in [-0.4, -0.2) is 44.8 Å². The molecule has 0 amide bonds. The van der Waals surface area contributed by atoms with E-state index < -0.39 is 5.82 Å². The van der Waals surface area contributed by atoms with E-state index in [1.807, 2.05) is 4.68 Å². The Bertz CT molecular complexity index is 779. The molecule has 0 radical (unpaired) electrons. The number of halogens is 2. The zero-order chi connectivity index (χ0) is 18.8. The molecule has 6 nitrogen and oxygen atoms in total. The minimum absolute atomic E-state index is 0.0873. The van der Waals surface area contributed by atoms with Gasteiger partial charge in [-0.2, -0.15) is 0 Å². The number of nitrogens with zero attached hydrogens (tertiary/aromatic N) is 5. The molecule has 1 saturated heterocycles. The van der Waals surface area contributed by atoms with Crippen molar-refractivity contribution in [2.45, 2.75) is 57.2 Å². The summed E-state index contributed by atoms with van der Waals surface area (Å²) in [6, 6.07) is 5.28. The van der Waals surface area contributed by atoms with Gasteiger partial charge in [-0.15, -0.1) is 5.10 Å². The maximum absolute atomic E-state index is 13.5. The fraction of sp³-hybridized carbons (Fsp3) is 0.632. The minimum Gasteiger partial charge on any atom is -0.371 e. The number of ether oxygens (including phenoxy) is 1. The zero-order valence-electron chi connectivity index (χ0n) is 15.5. The van der Waals surface area contributed by atoms with Gasteiger partial charge in [0.25, 0.3) is 0 Å². The molecule has 2 atom stereocenters. The molecule has 0 N–H and O–H groups in total. The van der Waals surface area contributed by atoms with Crippen LogP contribution in [0.4, 0.5) is 4.39 Å². The third-order valence-electron chi connectivity index (χ3n) is 5.77. The number of benzene rings is 1. The lowest BCUT2D eigenvalue weighted by atomic mass is 9.95. The summed E-state index contributed by atoms with van der Waals surface area (Å²) >= 11 is 5.95. The Labute approximate surface area is 163 Å². The Kier molecular flexibility index (Phi) is 5.71. The molecule has 8 heteroatoms. The highest BCUT2D eigenvalue weighted by atomic mass is 35.5. The van der Waals surface area contributed by atoms with E-state index in [-0.39, 0.29) is 17.2 Å². The SMILES string of the molecule is CC(c1nnnn1C1CCCCC1)N1CCOC(c2ccc(F)c(Cl)c2)C1. The van der Waals surface area contributed by atoms with Crippen LogP contribution in [-0.2, 0) is 4.74 Å². The normalized spacial score (nSPS) is 23.4. The average molecular weight is 394 g/mol. The first kappa shape index (κ1) is 18.8. The molecule has 146 valence electrons. The molecular weight excluding hydrogens is 369 g/mol. The summed E-state index contributed by atoms with van der Waals surface area (Å²) in [7, 11) is 0. The molecule has 2 heterocycles. The lowest BCUT2D eigenvalue weighted by Crippen LogP contribution is -2.41. The molecule has 2 fully saturated rings. The van der Waals surface area contributed by atoms with E-state index in [0.29, 0.717) is 19.2 Å². The number of rotatable bonds is 4. The Balaban J connectivity index is 1.50. The van der Waals surface area contributed by atoms with Gasteiger partial charge in [0.2, 0.25) is 0 Å². The van der Waals surface area contributed by atoms with Gasteiger partial charge in [-0.25, -0.2) is 9.07 Å². The van der Waals surface area contributed by atoms with E-state index in [4.69, 9.17) is 16.3 Å². The van der Waals surface area contributed by atoms with Crippen LogP contribution in [0.15, 0.2) is 18.2 Å². The third-order valence-corrected chi connectivity index (χ3v) is 6.06. The molecule has 1 aromatic carbocycles. The topological polar surface area (TPSA) is 56.1 Å². The van der Waals surface area contributed by atoms with Crippen molar-refractivity contribution in [2.75, 3.05) is 19.7 Å². The van der Waals surface area contributed by atoms with Crippen molar-refractivity contribution in [3.05, 3.63) is 40.4 Å². The van der Waals surface area contributed by atoms with E-state index in [1.54, 1.807) is 12.1 Å². The number of morpholine rings is 1. The van der Waals surface area contributed by atoms with Crippen LogP contribution in [0.5, 0.6) is 0 Å². The Morgan fingerprint density at radius 1 is 1.26 bits per heavy atom. The minimum atomic E-state index is -0.409. The summed E-state index contributed by atoms with van der Waals surface area (Å²) in [4.78, 5) is 2.33. The summed E-state index contributed by atoms with van der Waals surface area (Å²) in [6.45, 7) is 4.25. The van der Waals surface area contributed by atoms with Crippen molar-refractivity contribution < 1.29 is 9.13 Å². The van der Waals surface area contributed by atoms with Crippen LogP contribution in [0.2, 0.25) is 5.02 Å². The highest BCUT2D eigenvalue weighted by Gasteiger charge is 2.31. The molecule has 1 aliphatic heterocycles. The smallest absolute Gasteiger partial charge is 0.168 e. The van der Waals surface area contributed by atoms with Gasteiger partial charge in [0.1, 0.15) is 5.82 Å². The first-order valence-electron chi connectivity index (χ1n) is 9.72. The van der Waals surface area contributed by atoms with Crippen LogP contribution >= 0.6 is 11.6 Å². The Morgan fingerprint density at radius 2 is 2.07 bits per heavy atom. The largest absolute Gasteiger partial charge is 0.371 e. The highest BCUT2D eigenvalue weighted by molar-refractivity contribution is 6.30. The summed E-state index contributed by atoms with van der Waals surface area (Å²) in [5.41, 5.74) is 0.894. The fourth-order valence-electron chi connectivity index (χ4n) is 4.16. The van der Waals surface area contributed by atoms with Gasteiger partial charge in [0, 0.05) is 13.1 Å². The molecule has 1 aromatic heterocycles. The van der Waals surface area contributed by atoms with Gasteiger partial charge in [-0.3, -0.25) is 4.90 Å². The average Bonchev–Trinajstić information content (AvgIpc) is 3.20. The van der Waals surface area contributed by atoms with E-state index in [9.17, 15) is 4.39 Å². The molecular formula is C19H25ClFN5O. The lowest BCUT2D eigenvalue weighted by Gasteiger charge is -2.37. The van der Waals surface area contributed by atoms with Crippen LogP contribution in [0.3, 0.4) is 0 Å². The maximum atomic E-state index is 13.5. The second kappa shape index (κ2) is 8.20. The molecule has 2 unspecified atom stereocenters. The van der Waals surface area contributed by atoms with Gasteiger partial charge in [-0.05, 0) is 47.9 Å². The third kappa shape index (κ3) is 4.00. The Hall–Kier alpha value is -1.57. The molecule has 2 aromatic rings. The van der Waals surface area contributed by atoms with Gasteiger partial charge in [0.15, 0.2) is 5.82 Å². The maximum Gasteiger partial charge on any atom is 0.168 e. The molecule has 0 bridgehead atoms. The highest BCUT2D eigenvalue weighted by Crippen LogP contribution is 2.33. The molecule has 1 aliphatic carbocycles. The first-order valence-corrected chi connectivity index (χ1v) is 10.1. The number of hydrogen-bond acceptors (Lipinski definition) is 5. The van der Waals surface area contributed by atoms with E-state index in [2.05, 4.69) is 27.3 Å². The van der Waals surface area contributed by atoms with Gasteiger partial charge >= 0.3 is 0 Å². The number of hydrogen-bond donors (Lipinski definition) is 0. The zero-order valence-corrected chi connectivity index (χ0v) is 16.3. The summed E-state index contributed by atoms with van der Waals surface area (Å²) in [5.74, 6) is 0.507. The van der Waals surface area contributed by atoms with Crippen LogP contribution in [0, 0.1) is 5.82 Å². The molecule has 4 rings (SSSR count). The van der Waals surface area contributed by atoms with E-state index >= 15 is 0 Å². The fourth-order valence-corrected chi connectivity index (χ4v) is 4.35. The van der Waals surface area contributed by atoms with E-state index in [1.165, 1.54) is 25.3 Å². The summed E-state index contributed by atoms with van der Waals surface area (Å²) in [5, 5.41) is 12.7. The predicted octanol–water partition coefficient (Wildman–Crippen LogP) is 4.11. The van der Waals surface area contributed by atoms with Gasteiger partial charge in [-0.1, -0.05) is 36.9 Å². The monoisotopic (exact) mass is 393 g/mol. The van der Waals surface area contributed by atoms with Crippen LogP contribution in [0.25, 0.3) is 0 Å². The van der Waals surface area contributed by atoms with E-state index in [0.717, 1.165) is 30.8 Å². The number of aromatic nitrogens is 4. The first-order chi connectivity index (χ1) is 13.1. The van der Waals surface area contributed by atoms with Crippen molar-refractivity contribution in [3.8, 4) is 0 Å². The molecule has 2 aliphatic rings. The van der Waals surface area contributed by atoms with Crippen molar-refractivity contribution in [2.24, 2.45) is 0 Å². The Morgan fingerprint density at radius 3 is 2.85 bits per heavy atom. The number of tetrazole rings is 1. The van der Waals surface area contributed by atoms with Crippen molar-refractivity contribution >= 4 is 11.6 Å². The predicted molar refractivity (Wildman–Crippen MR) is 100 cm³/mol.